The topological polar surface area (TPSA) is 177 Å². The molecule has 0 atom stereocenters. The van der Waals surface area contributed by atoms with Gasteiger partial charge in [0, 0.05) is 31.9 Å². The lowest BCUT2D eigenvalue weighted by molar-refractivity contribution is -0.156. The second-order valence-corrected chi connectivity index (χ2v) is 7.22. The summed E-state index contributed by atoms with van der Waals surface area (Å²) in [5.74, 6) is -3.48. The van der Waals surface area contributed by atoms with E-state index in [0.29, 0.717) is 11.1 Å². The maximum Gasteiger partial charge on any atom is 0.341 e. The number of phenolic OH excluding ortho intramolecular Hbond substituents is 1. The molecule has 0 fully saturated rings. The number of hydrogen-bond acceptors (Lipinski definition) is 12. The number of esters is 5. The van der Waals surface area contributed by atoms with Crippen molar-refractivity contribution in [2.24, 2.45) is 0 Å². The fraction of sp³-hybridized carbons (Fsp3) is 0.269. The molecule has 204 valence electrons. The van der Waals surface area contributed by atoms with E-state index in [9.17, 15) is 38.7 Å². The first kappa shape index (κ1) is 33.1. The van der Waals surface area contributed by atoms with Crippen molar-refractivity contribution in [2.45, 2.75) is 34.6 Å². The van der Waals surface area contributed by atoms with Gasteiger partial charge in [-0.2, -0.15) is 0 Å². The van der Waals surface area contributed by atoms with Crippen molar-refractivity contribution in [3.8, 4) is 11.5 Å². The molecule has 0 amide bonds. The quantitative estimate of drug-likeness (QED) is 0.196. The lowest BCUT2D eigenvalue weighted by Crippen LogP contribution is -2.10. The van der Waals surface area contributed by atoms with Gasteiger partial charge >= 0.3 is 29.8 Å². The number of hydrogen-bond donors (Lipinski definition) is 1. The Labute approximate surface area is 218 Å². The van der Waals surface area contributed by atoms with Crippen LogP contribution in [0, 0.1) is 0 Å². The second-order valence-electron chi connectivity index (χ2n) is 7.22. The largest absolute Gasteiger partial charge is 0.507 e. The normalized spacial score (nSPS) is 9.24. The minimum absolute atomic E-state index is 0.000185. The Morgan fingerprint density at radius 1 is 0.605 bits per heavy atom. The molecule has 1 N–H and O–H groups in total. The van der Waals surface area contributed by atoms with E-state index in [1.807, 2.05) is 0 Å². The molecular weight excluding hydrogens is 504 g/mol. The highest BCUT2D eigenvalue weighted by atomic mass is 16.6. The third kappa shape index (κ3) is 11.7. The fourth-order valence-electron chi connectivity index (χ4n) is 2.49. The lowest BCUT2D eigenvalue weighted by atomic mass is 10.1. The average molecular weight is 532 g/mol. The van der Waals surface area contributed by atoms with Crippen LogP contribution < -0.4 is 4.74 Å². The first-order chi connectivity index (χ1) is 17.6. The molecule has 2 rings (SSSR count). The van der Waals surface area contributed by atoms with Gasteiger partial charge in [-0.05, 0) is 50.2 Å². The van der Waals surface area contributed by atoms with Gasteiger partial charge < -0.3 is 24.1 Å². The molecule has 0 heterocycles. The van der Waals surface area contributed by atoms with Crippen LogP contribution in [0.1, 0.15) is 76.1 Å². The molecule has 2 aromatic carbocycles. The molecule has 12 nitrogen and oxygen atoms in total. The van der Waals surface area contributed by atoms with Crippen molar-refractivity contribution in [3.63, 3.8) is 0 Å². The Kier molecular flexibility index (Phi) is 13.9. The molecule has 2 aromatic rings. The highest BCUT2D eigenvalue weighted by Gasteiger charge is 2.17. The van der Waals surface area contributed by atoms with Crippen LogP contribution in [0.3, 0.4) is 0 Å². The van der Waals surface area contributed by atoms with Gasteiger partial charge in [0.05, 0.1) is 14.2 Å². The van der Waals surface area contributed by atoms with E-state index < -0.39 is 29.8 Å². The molecule has 0 spiro atoms. The minimum Gasteiger partial charge on any atom is -0.507 e. The molecule has 0 aliphatic heterocycles. The third-order valence-electron chi connectivity index (χ3n) is 4.14. The van der Waals surface area contributed by atoms with E-state index >= 15 is 0 Å². The van der Waals surface area contributed by atoms with Crippen LogP contribution in [0.5, 0.6) is 11.5 Å². The molecule has 0 bridgehead atoms. The maximum absolute atomic E-state index is 11.5. The van der Waals surface area contributed by atoms with E-state index in [2.05, 4.69) is 14.2 Å². The Morgan fingerprint density at radius 3 is 1.39 bits per heavy atom. The Morgan fingerprint density at radius 2 is 1.03 bits per heavy atom. The maximum atomic E-state index is 11.5. The van der Waals surface area contributed by atoms with E-state index in [1.165, 1.54) is 85.2 Å². The van der Waals surface area contributed by atoms with Gasteiger partial charge in [0.2, 0.25) is 0 Å². The van der Waals surface area contributed by atoms with Crippen LogP contribution in [0.4, 0.5) is 0 Å². The Balaban J connectivity index is 0.000000587. The number of carbonyl (C=O) groups is 7. The summed E-state index contributed by atoms with van der Waals surface area (Å²) in [5.41, 5.74) is 0.764. The standard InChI is InChI=1S/C12H12O5.C10H10O4.C4H6O3/c1-7(13)9-4-5-11(17-8(2)14)10(6-9)12(15)16-3;1-6(11)7-3-4-9(12)8(5-7)10(13)14-2;1-3(5)7-4(2)6/h4-6H,1-3H3;3-5,12H,1-2H3;1-2H3. The number of methoxy groups -OCH3 is 2. The van der Waals surface area contributed by atoms with Crippen LogP contribution in [0.2, 0.25) is 0 Å². The van der Waals surface area contributed by atoms with Crippen LogP contribution in [0.15, 0.2) is 36.4 Å². The zero-order valence-electron chi connectivity index (χ0n) is 21.9. The van der Waals surface area contributed by atoms with E-state index in [4.69, 9.17) is 4.74 Å². The van der Waals surface area contributed by atoms with Crippen molar-refractivity contribution in [1.29, 1.82) is 0 Å². The fourth-order valence-corrected chi connectivity index (χ4v) is 2.49. The Bertz CT molecular complexity index is 1210. The average Bonchev–Trinajstić information content (AvgIpc) is 2.82. The Hall–Kier alpha value is -4.87. The molecule has 0 aliphatic carbocycles. The number of ketones is 2. The number of benzene rings is 2. The van der Waals surface area contributed by atoms with Gasteiger partial charge in [0.25, 0.3) is 0 Å². The first-order valence-corrected chi connectivity index (χ1v) is 10.7. The monoisotopic (exact) mass is 532 g/mol. The predicted octanol–water partition coefficient (Wildman–Crippen LogP) is 3.08. The van der Waals surface area contributed by atoms with Crippen LogP contribution in [-0.4, -0.2) is 60.7 Å². The van der Waals surface area contributed by atoms with Gasteiger partial charge in [0.1, 0.15) is 22.6 Å². The van der Waals surface area contributed by atoms with Crippen molar-refractivity contribution in [2.75, 3.05) is 14.2 Å². The highest BCUT2D eigenvalue weighted by Crippen LogP contribution is 2.22. The third-order valence-corrected chi connectivity index (χ3v) is 4.14. The zero-order valence-corrected chi connectivity index (χ0v) is 21.9. The number of ether oxygens (including phenoxy) is 4. The predicted molar refractivity (Wildman–Crippen MR) is 131 cm³/mol. The number of aromatic hydroxyl groups is 1. The summed E-state index contributed by atoms with van der Waals surface area (Å²) in [4.78, 5) is 75.2. The summed E-state index contributed by atoms with van der Waals surface area (Å²) in [6, 6.07) is 8.26. The molecule has 0 unspecified atom stereocenters. The SMILES string of the molecule is CC(=O)OC(C)=O.COC(=O)c1cc(C(C)=O)ccc1O.COC(=O)c1cc(C(C)=O)ccc1OC(C)=O. The van der Waals surface area contributed by atoms with Crippen LogP contribution in [0.25, 0.3) is 0 Å². The summed E-state index contributed by atoms with van der Waals surface area (Å²) in [6.07, 6.45) is 0. The molecule has 38 heavy (non-hydrogen) atoms. The number of phenols is 1. The van der Waals surface area contributed by atoms with Crippen molar-refractivity contribution >= 4 is 41.4 Å². The summed E-state index contributed by atoms with van der Waals surface area (Å²) in [6.45, 7) is 6.35. The first-order valence-electron chi connectivity index (χ1n) is 10.7. The van der Waals surface area contributed by atoms with E-state index in [-0.39, 0.29) is 34.2 Å². The van der Waals surface area contributed by atoms with Crippen molar-refractivity contribution in [3.05, 3.63) is 58.7 Å². The van der Waals surface area contributed by atoms with Crippen LogP contribution in [-0.2, 0) is 28.6 Å². The highest BCUT2D eigenvalue weighted by molar-refractivity contribution is 6.00. The second kappa shape index (κ2) is 16.0. The van der Waals surface area contributed by atoms with Gasteiger partial charge in [0.15, 0.2) is 11.6 Å². The van der Waals surface area contributed by atoms with E-state index in [0.717, 1.165) is 0 Å². The van der Waals surface area contributed by atoms with Crippen molar-refractivity contribution < 1.29 is 57.6 Å². The smallest absolute Gasteiger partial charge is 0.341 e. The van der Waals surface area contributed by atoms with Gasteiger partial charge in [-0.3, -0.25) is 24.0 Å². The molecule has 0 aromatic heterocycles. The van der Waals surface area contributed by atoms with Crippen LogP contribution >= 0.6 is 0 Å². The van der Waals surface area contributed by atoms with Gasteiger partial charge in [-0.1, -0.05) is 0 Å². The molecular formula is C26H28O12. The molecule has 0 saturated heterocycles. The van der Waals surface area contributed by atoms with Gasteiger partial charge in [-0.25, -0.2) is 9.59 Å². The zero-order chi connectivity index (χ0) is 29.6. The summed E-state index contributed by atoms with van der Waals surface area (Å²) < 4.78 is 17.8. The molecule has 0 radical (unpaired) electrons. The summed E-state index contributed by atoms with van der Waals surface area (Å²) in [7, 11) is 2.42. The van der Waals surface area contributed by atoms with Crippen molar-refractivity contribution in [1.82, 2.24) is 0 Å². The summed E-state index contributed by atoms with van der Waals surface area (Å²) >= 11 is 0. The molecule has 0 saturated carbocycles. The van der Waals surface area contributed by atoms with E-state index in [1.54, 1.807) is 0 Å². The lowest BCUT2D eigenvalue weighted by Gasteiger charge is -2.08. The summed E-state index contributed by atoms with van der Waals surface area (Å²) in [5, 5.41) is 9.31. The number of Topliss-reactive ketones (excluding diaryl/α,β-unsaturated/α-hetero) is 2. The number of rotatable bonds is 5. The molecule has 0 aliphatic rings. The minimum atomic E-state index is -0.663. The molecule has 12 heteroatoms. The number of carbonyl (C=O) groups excluding carboxylic acids is 7. The van der Waals surface area contributed by atoms with Gasteiger partial charge in [-0.15, -0.1) is 0 Å².